The number of hydrogen-bond acceptors (Lipinski definition) is 5. The third kappa shape index (κ3) is 2.72. The predicted octanol–water partition coefficient (Wildman–Crippen LogP) is 1.80. The van der Waals surface area contributed by atoms with Gasteiger partial charge in [0.05, 0.1) is 6.33 Å². The molecule has 20 heavy (non-hydrogen) atoms. The molecule has 3 aromatic rings. The smallest absolute Gasteiger partial charge is 0.287 e. The van der Waals surface area contributed by atoms with Crippen LogP contribution in [0.1, 0.15) is 6.42 Å². The summed E-state index contributed by atoms with van der Waals surface area (Å²) in [5.41, 5.74) is 7.52. The fourth-order valence-electron chi connectivity index (χ4n) is 1.90. The van der Waals surface area contributed by atoms with E-state index in [4.69, 9.17) is 10.2 Å². The molecule has 3 rings (SSSR count). The van der Waals surface area contributed by atoms with Gasteiger partial charge in [0.25, 0.3) is 5.22 Å². The van der Waals surface area contributed by atoms with Crippen LogP contribution < -0.4 is 5.73 Å². The van der Waals surface area contributed by atoms with E-state index in [0.29, 0.717) is 22.5 Å². The fourth-order valence-corrected chi connectivity index (χ4v) is 2.85. The molecule has 0 fully saturated rings. The third-order valence-corrected chi connectivity index (χ3v) is 4.12. The van der Waals surface area contributed by atoms with E-state index < -0.39 is 10.8 Å². The lowest BCUT2D eigenvalue weighted by molar-refractivity contribution is 0.477. The number of fused-ring (bicyclic) bond motifs is 1. The predicted molar refractivity (Wildman–Crippen MR) is 76.5 cm³/mol. The average molecular weight is 290 g/mol. The highest BCUT2D eigenvalue weighted by Gasteiger charge is 2.12. The Morgan fingerprint density at radius 1 is 1.40 bits per heavy atom. The van der Waals surface area contributed by atoms with Gasteiger partial charge in [0, 0.05) is 36.4 Å². The zero-order valence-corrected chi connectivity index (χ0v) is 11.5. The maximum atomic E-state index is 12.1. The van der Waals surface area contributed by atoms with E-state index in [9.17, 15) is 4.21 Å². The van der Waals surface area contributed by atoms with Crippen molar-refractivity contribution in [3.05, 3.63) is 36.9 Å². The Labute approximate surface area is 118 Å². The van der Waals surface area contributed by atoms with Gasteiger partial charge in [0.1, 0.15) is 16.3 Å². The number of nitrogens with zero attached hydrogens (tertiary/aromatic N) is 3. The van der Waals surface area contributed by atoms with Gasteiger partial charge >= 0.3 is 0 Å². The monoisotopic (exact) mass is 290 g/mol. The molecular weight excluding hydrogens is 276 g/mol. The summed E-state index contributed by atoms with van der Waals surface area (Å²) in [6.07, 6.45) is 6.11. The number of benzene rings is 1. The summed E-state index contributed by atoms with van der Waals surface area (Å²) in [4.78, 5) is 8.19. The molecule has 0 saturated carbocycles. The lowest BCUT2D eigenvalue weighted by Crippen LogP contribution is -2.03. The summed E-state index contributed by atoms with van der Waals surface area (Å²) in [5.74, 6) is 0.500. The van der Waals surface area contributed by atoms with Crippen LogP contribution in [-0.2, 0) is 17.3 Å². The maximum absolute atomic E-state index is 12.1. The maximum Gasteiger partial charge on any atom is 0.287 e. The molecule has 0 spiro atoms. The van der Waals surface area contributed by atoms with E-state index in [1.54, 1.807) is 30.7 Å². The number of imidazole rings is 1. The zero-order chi connectivity index (χ0) is 13.9. The Kier molecular flexibility index (Phi) is 3.51. The lowest BCUT2D eigenvalue weighted by atomic mass is 10.3. The minimum Gasteiger partial charge on any atom is -0.430 e. The highest BCUT2D eigenvalue weighted by molar-refractivity contribution is 7.84. The first-order valence-electron chi connectivity index (χ1n) is 6.22. The summed E-state index contributed by atoms with van der Waals surface area (Å²) < 4.78 is 19.6. The van der Waals surface area contributed by atoms with Gasteiger partial charge in [0.15, 0.2) is 5.58 Å². The van der Waals surface area contributed by atoms with E-state index in [1.807, 2.05) is 10.8 Å². The quantitative estimate of drug-likeness (QED) is 0.724. The van der Waals surface area contributed by atoms with Crippen LogP contribution in [0, 0.1) is 0 Å². The van der Waals surface area contributed by atoms with Crippen LogP contribution in [-0.4, -0.2) is 24.5 Å². The van der Waals surface area contributed by atoms with Crippen LogP contribution in [0.25, 0.3) is 11.1 Å². The molecule has 0 aliphatic heterocycles. The summed E-state index contributed by atoms with van der Waals surface area (Å²) in [7, 11) is -1.24. The summed E-state index contributed by atoms with van der Waals surface area (Å²) in [6, 6.07) is 5.20. The second-order valence-electron chi connectivity index (χ2n) is 4.41. The minimum absolute atomic E-state index is 0.260. The molecule has 0 aliphatic rings. The molecule has 1 unspecified atom stereocenters. The molecule has 2 aromatic heterocycles. The summed E-state index contributed by atoms with van der Waals surface area (Å²) in [6.45, 7) is 0.777. The summed E-state index contributed by atoms with van der Waals surface area (Å²) in [5, 5.41) is 0.260. The molecular formula is C13H14N4O2S. The molecule has 0 bridgehead atoms. The van der Waals surface area contributed by atoms with Crippen LogP contribution >= 0.6 is 0 Å². The third-order valence-electron chi connectivity index (χ3n) is 2.89. The minimum atomic E-state index is -1.24. The van der Waals surface area contributed by atoms with Crippen LogP contribution in [0.3, 0.4) is 0 Å². The molecule has 0 aliphatic carbocycles. The van der Waals surface area contributed by atoms with Crippen LogP contribution in [0.4, 0.5) is 5.69 Å². The summed E-state index contributed by atoms with van der Waals surface area (Å²) >= 11 is 0. The first kappa shape index (κ1) is 12.9. The van der Waals surface area contributed by atoms with Crippen molar-refractivity contribution in [1.82, 2.24) is 14.5 Å². The number of nitrogens with two attached hydrogens (primary N) is 1. The fraction of sp³-hybridized carbons (Fsp3) is 0.231. The molecule has 104 valence electrons. The first-order valence-corrected chi connectivity index (χ1v) is 7.54. The SMILES string of the molecule is Nc1ccc2nc(S(=O)CCCn3ccnc3)oc2c1. The second kappa shape index (κ2) is 5.46. The largest absolute Gasteiger partial charge is 0.430 e. The highest BCUT2D eigenvalue weighted by Crippen LogP contribution is 2.20. The van der Waals surface area contributed by atoms with E-state index in [2.05, 4.69) is 9.97 Å². The van der Waals surface area contributed by atoms with Gasteiger partial charge < -0.3 is 14.7 Å². The Hall–Kier alpha value is -2.15. The molecule has 1 aromatic carbocycles. The molecule has 0 radical (unpaired) electrons. The number of nitrogen functional groups attached to an aromatic ring is 1. The van der Waals surface area contributed by atoms with E-state index in [0.717, 1.165) is 13.0 Å². The van der Waals surface area contributed by atoms with Gasteiger partial charge in [-0.25, -0.2) is 14.2 Å². The van der Waals surface area contributed by atoms with Gasteiger partial charge in [-0.3, -0.25) is 0 Å². The van der Waals surface area contributed by atoms with E-state index in [1.165, 1.54) is 0 Å². The number of anilines is 1. The van der Waals surface area contributed by atoms with Crippen LogP contribution in [0.5, 0.6) is 0 Å². The van der Waals surface area contributed by atoms with Gasteiger partial charge in [-0.2, -0.15) is 0 Å². The van der Waals surface area contributed by atoms with Gasteiger partial charge in [-0.15, -0.1) is 0 Å². The second-order valence-corrected chi connectivity index (χ2v) is 5.86. The standard InChI is InChI=1S/C13H14N4O2S/c14-10-2-3-11-12(8-10)19-13(16-11)20(18)7-1-5-17-6-4-15-9-17/h2-4,6,8-9H,1,5,7,14H2. The van der Waals surface area contributed by atoms with Gasteiger partial charge in [-0.05, 0) is 18.6 Å². The van der Waals surface area contributed by atoms with Crippen LogP contribution in [0.2, 0.25) is 0 Å². The molecule has 0 amide bonds. The molecule has 2 N–H and O–H groups in total. The Morgan fingerprint density at radius 3 is 3.10 bits per heavy atom. The van der Waals surface area contributed by atoms with Crippen molar-refractivity contribution in [2.45, 2.75) is 18.2 Å². The topological polar surface area (TPSA) is 86.9 Å². The lowest BCUT2D eigenvalue weighted by Gasteiger charge is -2.00. The van der Waals surface area contributed by atoms with Crippen molar-refractivity contribution in [3.63, 3.8) is 0 Å². The number of aryl methyl sites for hydroxylation is 1. The van der Waals surface area contributed by atoms with Crippen molar-refractivity contribution in [2.24, 2.45) is 0 Å². The van der Waals surface area contributed by atoms with Crippen molar-refractivity contribution in [2.75, 3.05) is 11.5 Å². The Balaban J connectivity index is 1.66. The van der Waals surface area contributed by atoms with Gasteiger partial charge in [0.2, 0.25) is 0 Å². The Morgan fingerprint density at radius 2 is 2.30 bits per heavy atom. The Bertz CT molecular complexity index is 736. The van der Waals surface area contributed by atoms with Gasteiger partial charge in [-0.1, -0.05) is 0 Å². The average Bonchev–Trinajstić information content (AvgIpc) is 3.06. The van der Waals surface area contributed by atoms with E-state index >= 15 is 0 Å². The number of hydrogen-bond donors (Lipinski definition) is 1. The number of aromatic nitrogens is 3. The molecule has 0 saturated heterocycles. The molecule has 6 nitrogen and oxygen atoms in total. The van der Waals surface area contributed by atoms with Crippen molar-refractivity contribution >= 4 is 27.6 Å². The molecule has 7 heteroatoms. The van der Waals surface area contributed by atoms with Crippen molar-refractivity contribution in [1.29, 1.82) is 0 Å². The van der Waals surface area contributed by atoms with E-state index in [-0.39, 0.29) is 5.22 Å². The van der Waals surface area contributed by atoms with Crippen molar-refractivity contribution < 1.29 is 8.63 Å². The zero-order valence-electron chi connectivity index (χ0n) is 10.7. The highest BCUT2D eigenvalue weighted by atomic mass is 32.2. The van der Waals surface area contributed by atoms with Crippen molar-refractivity contribution in [3.8, 4) is 0 Å². The first-order chi connectivity index (χ1) is 9.72. The van der Waals surface area contributed by atoms with Crippen LogP contribution in [0.15, 0.2) is 46.6 Å². The molecule has 1 atom stereocenters. The molecule has 2 heterocycles. The number of oxazole rings is 1. The number of rotatable bonds is 5. The normalized spacial score (nSPS) is 12.8.